The molecule has 0 spiro atoms. The zero-order valence-corrected chi connectivity index (χ0v) is 31.6. The third-order valence-electron chi connectivity index (χ3n) is 9.87. The van der Waals surface area contributed by atoms with Crippen molar-refractivity contribution < 1.29 is 54.0 Å². The average Bonchev–Trinajstić information content (AvgIpc) is 3.69. The quantitative estimate of drug-likeness (QED) is 0.143. The fraction of sp³-hybridized carbons (Fsp3) is 0.571. The van der Waals surface area contributed by atoms with Crippen LogP contribution in [-0.2, 0) is 40.0 Å². The Balaban J connectivity index is 1.69. The number of aliphatic hydroxyl groups excluding tert-OH is 3. The highest BCUT2D eigenvalue weighted by Gasteiger charge is 2.44. The number of carbonyl (C=O) groups is 7. The van der Waals surface area contributed by atoms with Crippen molar-refractivity contribution in [2.24, 2.45) is 0 Å². The number of nitrogens with zero attached hydrogens (tertiary/aromatic N) is 1. The van der Waals surface area contributed by atoms with Gasteiger partial charge in [-0.3, -0.25) is 33.6 Å². The van der Waals surface area contributed by atoms with Gasteiger partial charge >= 0.3 is 0 Å². The first-order valence-corrected chi connectivity index (χ1v) is 18.9. The van der Waals surface area contributed by atoms with E-state index >= 15 is 0 Å². The molecule has 10 atom stereocenters. The molecule has 2 bridgehead atoms. The van der Waals surface area contributed by atoms with E-state index in [4.69, 9.17) is 0 Å². The van der Waals surface area contributed by atoms with E-state index < -0.39 is 114 Å². The van der Waals surface area contributed by atoms with Crippen LogP contribution < -0.4 is 31.9 Å². The van der Waals surface area contributed by atoms with E-state index in [0.29, 0.717) is 21.5 Å². The standard InChI is InChI=1S/C35H48N8O11S/c1-15-27(47)38-22-10-20-19-7-5-6-8-21(19)41-33(20)55-13-24(34(53)43-12-18(46)9-25(43)31(51)37-15)40-32(52)26(17(3)45)42-28(48)16(2)36-30(50)23(39-29(22)49)11-35(4,54)14-44/h5-8,15-18,22-26,41,44-46,54H,9-14H2,1-4H3,(H,36,50)(H,37,51)(H,38,47)(H,39,49)(H,40,52)(H,42,48)/t15-,16+,17+,18+,22-,23-,24+,25-,26+,35-/m0/s1. The van der Waals surface area contributed by atoms with Crippen molar-refractivity contribution in [1.29, 1.82) is 0 Å². The summed E-state index contributed by atoms with van der Waals surface area (Å²) in [6.07, 6.45) is -3.53. The number of nitrogens with one attached hydrogen (secondary N) is 7. The Hall–Kier alpha value is -4.76. The normalized spacial score (nSPS) is 30.8. The summed E-state index contributed by atoms with van der Waals surface area (Å²) in [4.78, 5) is 101. The second kappa shape index (κ2) is 16.9. The van der Waals surface area contributed by atoms with Gasteiger partial charge in [-0.2, -0.15) is 0 Å². The molecule has 1 aromatic carbocycles. The number of rotatable bonds is 4. The van der Waals surface area contributed by atoms with Crippen molar-refractivity contribution in [3.8, 4) is 0 Å². The lowest BCUT2D eigenvalue weighted by Crippen LogP contribution is -2.61. The molecule has 0 aliphatic carbocycles. The van der Waals surface area contributed by atoms with Crippen LogP contribution >= 0.6 is 11.8 Å². The monoisotopic (exact) mass is 788 g/mol. The number of carbonyl (C=O) groups excluding carboxylic acids is 7. The fourth-order valence-electron chi connectivity index (χ4n) is 6.74. The molecule has 1 saturated heterocycles. The Kier molecular flexibility index (Phi) is 12.8. The van der Waals surface area contributed by atoms with E-state index in [1.807, 2.05) is 0 Å². The maximum absolute atomic E-state index is 14.3. The highest BCUT2D eigenvalue weighted by Crippen LogP contribution is 2.32. The lowest BCUT2D eigenvalue weighted by Gasteiger charge is -2.31. The van der Waals surface area contributed by atoms with Gasteiger partial charge in [-0.1, -0.05) is 18.2 Å². The first kappa shape index (κ1) is 41.4. The van der Waals surface area contributed by atoms with Gasteiger partial charge in [0.1, 0.15) is 42.3 Å². The van der Waals surface area contributed by atoms with Crippen molar-refractivity contribution in [3.05, 3.63) is 29.8 Å². The van der Waals surface area contributed by atoms with Crippen molar-refractivity contribution in [2.45, 2.75) is 112 Å². The second-order valence-corrected chi connectivity index (χ2v) is 15.6. The van der Waals surface area contributed by atoms with Crippen molar-refractivity contribution >= 4 is 64.0 Å². The zero-order valence-electron chi connectivity index (χ0n) is 30.8. The van der Waals surface area contributed by atoms with Crippen LogP contribution in [0.2, 0.25) is 0 Å². The van der Waals surface area contributed by atoms with Gasteiger partial charge in [0.25, 0.3) is 0 Å². The summed E-state index contributed by atoms with van der Waals surface area (Å²) in [5.74, 6) is -6.26. The van der Waals surface area contributed by atoms with Gasteiger partial charge in [0.2, 0.25) is 41.4 Å². The predicted molar refractivity (Wildman–Crippen MR) is 196 cm³/mol. The largest absolute Gasteiger partial charge is 0.393 e. The fourth-order valence-corrected chi connectivity index (χ4v) is 7.85. The van der Waals surface area contributed by atoms with E-state index in [9.17, 15) is 54.0 Å². The highest BCUT2D eigenvalue weighted by atomic mass is 32.2. The number of aromatic nitrogens is 1. The lowest BCUT2D eigenvalue weighted by atomic mass is 9.96. The lowest BCUT2D eigenvalue weighted by molar-refractivity contribution is -0.142. The minimum atomic E-state index is -1.90. The Morgan fingerprint density at radius 3 is 2.16 bits per heavy atom. The third kappa shape index (κ3) is 9.55. The predicted octanol–water partition coefficient (Wildman–Crippen LogP) is -3.75. The third-order valence-corrected chi connectivity index (χ3v) is 11.0. The number of benzene rings is 1. The Morgan fingerprint density at radius 1 is 0.855 bits per heavy atom. The van der Waals surface area contributed by atoms with Crippen LogP contribution in [0.4, 0.5) is 0 Å². The van der Waals surface area contributed by atoms with Gasteiger partial charge in [0.15, 0.2) is 0 Å². The number of amides is 7. The van der Waals surface area contributed by atoms with Gasteiger partial charge in [0.05, 0.1) is 29.4 Å². The van der Waals surface area contributed by atoms with Crippen molar-refractivity contribution in [2.75, 3.05) is 18.9 Å². The molecular weight excluding hydrogens is 740 g/mol. The summed E-state index contributed by atoms with van der Waals surface area (Å²) < 4.78 is 0. The number of para-hydroxylation sites is 1. The van der Waals surface area contributed by atoms with Crippen LogP contribution in [-0.4, -0.2) is 151 Å². The molecule has 2 aromatic rings. The van der Waals surface area contributed by atoms with E-state index in [0.717, 1.165) is 16.7 Å². The minimum Gasteiger partial charge on any atom is -0.393 e. The maximum Gasteiger partial charge on any atom is 0.246 e. The van der Waals surface area contributed by atoms with Crippen LogP contribution in [0.25, 0.3) is 10.9 Å². The zero-order chi connectivity index (χ0) is 40.4. The minimum absolute atomic E-state index is 0.170. The number of thioether (sulfide) groups is 1. The van der Waals surface area contributed by atoms with Crippen LogP contribution in [0.15, 0.2) is 29.3 Å². The first-order valence-electron chi connectivity index (χ1n) is 17.9. The number of fused-ring (bicyclic) bond motifs is 5. The summed E-state index contributed by atoms with van der Waals surface area (Å²) in [6, 6.07) is -2.86. The average molecular weight is 789 g/mol. The molecule has 3 aliphatic rings. The molecule has 7 amide bonds. The van der Waals surface area contributed by atoms with Gasteiger partial charge in [-0.25, -0.2) is 0 Å². The van der Waals surface area contributed by atoms with Gasteiger partial charge in [-0.15, -0.1) is 11.8 Å². The number of aliphatic hydroxyl groups is 4. The second-order valence-electron chi connectivity index (χ2n) is 14.6. The van der Waals surface area contributed by atoms with Gasteiger partial charge in [-0.05, 0) is 39.3 Å². The molecule has 0 unspecified atom stereocenters. The summed E-state index contributed by atoms with van der Waals surface area (Å²) in [5, 5.41) is 58.1. The Bertz CT molecular complexity index is 1840. The van der Waals surface area contributed by atoms with E-state index in [1.165, 1.54) is 27.7 Å². The van der Waals surface area contributed by atoms with E-state index in [-0.39, 0.29) is 25.1 Å². The molecule has 300 valence electrons. The van der Waals surface area contributed by atoms with Crippen LogP contribution in [0.1, 0.15) is 46.1 Å². The van der Waals surface area contributed by atoms with Gasteiger partial charge < -0.3 is 62.2 Å². The van der Waals surface area contributed by atoms with Crippen LogP contribution in [0, 0.1) is 0 Å². The first-order chi connectivity index (χ1) is 25.9. The SMILES string of the molecule is C[C@@H]1NC(=O)[C@@H]2C[C@@H](O)CN2C(=O)[C@H]2CSc3[nH]c4ccccc4c3C[C@H](NC1=O)C(=O)N[C@@H](C[C@](C)(O)CO)C(=O)N[C@H](C)C(=O)N[C@H]([C@@H](C)O)C(=O)N2. The number of hydrogen-bond acceptors (Lipinski definition) is 12. The molecule has 0 saturated carbocycles. The molecule has 19 nitrogen and oxygen atoms in total. The van der Waals surface area contributed by atoms with Gasteiger partial charge in [0, 0.05) is 42.5 Å². The summed E-state index contributed by atoms with van der Waals surface area (Å²) in [6.45, 7) is 4.02. The Labute approximate surface area is 320 Å². The molecular formula is C35H48N8O11S. The van der Waals surface area contributed by atoms with Crippen molar-refractivity contribution in [3.63, 3.8) is 0 Å². The molecule has 5 rings (SSSR count). The summed E-state index contributed by atoms with van der Waals surface area (Å²) in [7, 11) is 0. The smallest absolute Gasteiger partial charge is 0.246 e. The maximum atomic E-state index is 14.3. The molecule has 1 aromatic heterocycles. The molecule has 1 fully saturated rings. The van der Waals surface area contributed by atoms with Crippen molar-refractivity contribution in [1.82, 2.24) is 41.8 Å². The highest BCUT2D eigenvalue weighted by molar-refractivity contribution is 7.99. The number of H-pyrrole nitrogens is 1. The molecule has 0 radical (unpaired) electrons. The molecule has 55 heavy (non-hydrogen) atoms. The molecule has 20 heteroatoms. The summed E-state index contributed by atoms with van der Waals surface area (Å²) in [5.41, 5.74) is -0.741. The van der Waals surface area contributed by atoms with E-state index in [1.54, 1.807) is 24.3 Å². The molecule has 4 heterocycles. The van der Waals surface area contributed by atoms with Crippen LogP contribution in [0.3, 0.4) is 0 Å². The molecule has 3 aliphatic heterocycles. The van der Waals surface area contributed by atoms with Crippen LogP contribution in [0.5, 0.6) is 0 Å². The Morgan fingerprint density at radius 2 is 1.49 bits per heavy atom. The topological polar surface area (TPSA) is 292 Å². The number of hydrogen-bond donors (Lipinski definition) is 11. The van der Waals surface area contributed by atoms with E-state index in [2.05, 4.69) is 36.9 Å². The number of aromatic amines is 1. The summed E-state index contributed by atoms with van der Waals surface area (Å²) >= 11 is 1.08. The molecule has 11 N–H and O–H groups in total.